The Balaban J connectivity index is 1.26. The van der Waals surface area contributed by atoms with Crippen LogP contribution in [0, 0.1) is 0 Å². The van der Waals surface area contributed by atoms with Crippen molar-refractivity contribution in [2.75, 3.05) is 39.4 Å². The van der Waals surface area contributed by atoms with Crippen LogP contribution in [0.4, 0.5) is 4.79 Å². The molecule has 1 aromatic carbocycles. The first kappa shape index (κ1) is 16.1. The summed E-state index contributed by atoms with van der Waals surface area (Å²) in [6, 6.07) is 9.99. The average Bonchev–Trinajstić information content (AvgIpc) is 3.05. The molecule has 0 aromatic heterocycles. The highest BCUT2D eigenvalue weighted by Crippen LogP contribution is 2.22. The molecule has 0 aliphatic carbocycles. The molecular formula is C17H25N3O3. The highest BCUT2D eigenvalue weighted by atomic mass is 16.5. The Labute approximate surface area is 137 Å². The molecule has 2 N–H and O–H groups in total. The molecule has 6 heteroatoms. The second-order valence-corrected chi connectivity index (χ2v) is 6.04. The van der Waals surface area contributed by atoms with Crippen molar-refractivity contribution < 1.29 is 14.3 Å². The summed E-state index contributed by atoms with van der Waals surface area (Å²) in [4.78, 5) is 14.3. The normalized spacial score (nSPS) is 24.0. The molecule has 126 valence electrons. The maximum atomic E-state index is 11.8. The van der Waals surface area contributed by atoms with E-state index in [1.807, 2.05) is 30.3 Å². The Morgan fingerprint density at radius 3 is 3.04 bits per heavy atom. The summed E-state index contributed by atoms with van der Waals surface area (Å²) in [5.74, 6) is 0.811. The first-order valence-electron chi connectivity index (χ1n) is 8.36. The highest BCUT2D eigenvalue weighted by Gasteiger charge is 2.32. The van der Waals surface area contributed by atoms with E-state index in [2.05, 4.69) is 15.5 Å². The lowest BCUT2D eigenvalue weighted by Gasteiger charge is -2.35. The number of hydrogen-bond donors (Lipinski definition) is 2. The third-order valence-corrected chi connectivity index (χ3v) is 4.35. The standard InChI is InChI=1S/C17H25N3O3/c21-17(18-8-10-22-15-6-2-1-3-7-15)19-11-16-12-20-9-4-5-14(20)13-23-16/h1-3,6-7,14,16H,4-5,8-13H2,(H2,18,19,21)/t14-,16-/m0/s1. The fourth-order valence-electron chi connectivity index (χ4n) is 3.13. The number of nitrogens with one attached hydrogen (secondary N) is 2. The zero-order chi connectivity index (χ0) is 15.9. The van der Waals surface area contributed by atoms with E-state index in [4.69, 9.17) is 9.47 Å². The van der Waals surface area contributed by atoms with Crippen molar-refractivity contribution in [1.82, 2.24) is 15.5 Å². The molecule has 2 aliphatic rings. The van der Waals surface area contributed by atoms with Crippen LogP contribution in [0.5, 0.6) is 5.75 Å². The molecule has 2 atom stereocenters. The SMILES string of the molecule is O=C(NCCOc1ccccc1)NC[C@H]1CN2CCC[C@H]2CO1. The molecule has 0 saturated carbocycles. The van der Waals surface area contributed by atoms with E-state index >= 15 is 0 Å². The Kier molecular flexibility index (Phi) is 5.71. The third kappa shape index (κ3) is 4.84. The van der Waals surface area contributed by atoms with Crippen LogP contribution in [0.15, 0.2) is 30.3 Å². The van der Waals surface area contributed by atoms with Gasteiger partial charge in [-0.25, -0.2) is 4.79 Å². The predicted molar refractivity (Wildman–Crippen MR) is 87.7 cm³/mol. The number of fused-ring (bicyclic) bond motifs is 1. The molecule has 2 aliphatic heterocycles. The van der Waals surface area contributed by atoms with Gasteiger partial charge in [-0.2, -0.15) is 0 Å². The Hall–Kier alpha value is -1.79. The largest absolute Gasteiger partial charge is 0.492 e. The number of para-hydroxylation sites is 1. The number of rotatable bonds is 6. The predicted octanol–water partition coefficient (Wildman–Crippen LogP) is 1.23. The smallest absolute Gasteiger partial charge is 0.315 e. The van der Waals surface area contributed by atoms with E-state index in [0.29, 0.717) is 25.7 Å². The van der Waals surface area contributed by atoms with E-state index in [9.17, 15) is 4.79 Å². The van der Waals surface area contributed by atoms with Crippen LogP contribution in [-0.4, -0.2) is 62.5 Å². The molecule has 3 rings (SSSR count). The van der Waals surface area contributed by atoms with Crippen molar-refractivity contribution in [2.45, 2.75) is 25.0 Å². The van der Waals surface area contributed by atoms with Crippen LogP contribution in [0.3, 0.4) is 0 Å². The number of amides is 2. The van der Waals surface area contributed by atoms with Crippen molar-refractivity contribution >= 4 is 6.03 Å². The topological polar surface area (TPSA) is 62.8 Å². The molecular weight excluding hydrogens is 294 g/mol. The van der Waals surface area contributed by atoms with Crippen molar-refractivity contribution in [3.63, 3.8) is 0 Å². The number of hydrogen-bond acceptors (Lipinski definition) is 4. The summed E-state index contributed by atoms with van der Waals surface area (Å²) in [6.45, 7) is 4.34. The summed E-state index contributed by atoms with van der Waals surface area (Å²) in [7, 11) is 0. The van der Waals surface area contributed by atoms with Crippen LogP contribution in [0.25, 0.3) is 0 Å². The maximum Gasteiger partial charge on any atom is 0.315 e. The average molecular weight is 319 g/mol. The van der Waals surface area contributed by atoms with Gasteiger partial charge in [0, 0.05) is 19.1 Å². The summed E-state index contributed by atoms with van der Waals surface area (Å²) in [5, 5.41) is 5.67. The number of carbonyl (C=O) groups is 1. The fraction of sp³-hybridized carbons (Fsp3) is 0.588. The van der Waals surface area contributed by atoms with Gasteiger partial charge in [-0.15, -0.1) is 0 Å². The van der Waals surface area contributed by atoms with E-state index < -0.39 is 0 Å². The summed E-state index contributed by atoms with van der Waals surface area (Å²) >= 11 is 0. The number of nitrogens with zero attached hydrogens (tertiary/aromatic N) is 1. The fourth-order valence-corrected chi connectivity index (χ4v) is 3.13. The molecule has 2 saturated heterocycles. The second kappa shape index (κ2) is 8.17. The number of morpholine rings is 1. The van der Waals surface area contributed by atoms with Gasteiger partial charge < -0.3 is 20.1 Å². The molecule has 6 nitrogen and oxygen atoms in total. The van der Waals surface area contributed by atoms with E-state index in [-0.39, 0.29) is 12.1 Å². The Bertz CT molecular complexity index is 497. The minimum atomic E-state index is -0.172. The summed E-state index contributed by atoms with van der Waals surface area (Å²) in [5.41, 5.74) is 0. The van der Waals surface area contributed by atoms with Crippen molar-refractivity contribution in [3.8, 4) is 5.75 Å². The zero-order valence-corrected chi connectivity index (χ0v) is 13.4. The molecule has 2 amide bonds. The van der Waals surface area contributed by atoms with E-state index in [1.54, 1.807) is 0 Å². The van der Waals surface area contributed by atoms with E-state index in [1.165, 1.54) is 12.8 Å². The first-order chi connectivity index (χ1) is 11.3. The number of benzene rings is 1. The van der Waals surface area contributed by atoms with Gasteiger partial charge in [0.25, 0.3) is 0 Å². The van der Waals surface area contributed by atoms with Crippen molar-refractivity contribution in [3.05, 3.63) is 30.3 Å². The van der Waals surface area contributed by atoms with Gasteiger partial charge in [0.05, 0.1) is 19.3 Å². The first-order valence-corrected chi connectivity index (χ1v) is 8.36. The van der Waals surface area contributed by atoms with Gasteiger partial charge in [-0.05, 0) is 31.5 Å². The number of urea groups is 1. The second-order valence-electron chi connectivity index (χ2n) is 6.04. The lowest BCUT2D eigenvalue weighted by molar-refractivity contribution is -0.0457. The number of carbonyl (C=O) groups excluding carboxylic acids is 1. The highest BCUT2D eigenvalue weighted by molar-refractivity contribution is 5.73. The monoisotopic (exact) mass is 319 g/mol. The summed E-state index contributed by atoms with van der Waals surface area (Å²) in [6.07, 6.45) is 2.59. The van der Waals surface area contributed by atoms with Gasteiger partial charge in [0.1, 0.15) is 12.4 Å². The molecule has 2 heterocycles. The minimum absolute atomic E-state index is 0.0932. The summed E-state index contributed by atoms with van der Waals surface area (Å²) < 4.78 is 11.3. The van der Waals surface area contributed by atoms with Crippen molar-refractivity contribution in [1.29, 1.82) is 0 Å². The van der Waals surface area contributed by atoms with Gasteiger partial charge in [-0.3, -0.25) is 4.90 Å². The van der Waals surface area contributed by atoms with Gasteiger partial charge in [0.2, 0.25) is 0 Å². The van der Waals surface area contributed by atoms with Gasteiger partial charge in [-0.1, -0.05) is 18.2 Å². The molecule has 0 unspecified atom stereocenters. The molecule has 0 spiro atoms. The third-order valence-electron chi connectivity index (χ3n) is 4.35. The van der Waals surface area contributed by atoms with Crippen LogP contribution in [0.2, 0.25) is 0 Å². The Morgan fingerprint density at radius 1 is 1.30 bits per heavy atom. The maximum absolute atomic E-state index is 11.8. The molecule has 2 fully saturated rings. The molecule has 0 bridgehead atoms. The number of ether oxygens (including phenoxy) is 2. The molecule has 1 aromatic rings. The van der Waals surface area contributed by atoms with Crippen LogP contribution >= 0.6 is 0 Å². The minimum Gasteiger partial charge on any atom is -0.492 e. The molecule has 23 heavy (non-hydrogen) atoms. The van der Waals surface area contributed by atoms with Gasteiger partial charge >= 0.3 is 6.03 Å². The van der Waals surface area contributed by atoms with Gasteiger partial charge in [0.15, 0.2) is 0 Å². The lowest BCUT2D eigenvalue weighted by atomic mass is 10.2. The molecule has 0 radical (unpaired) electrons. The zero-order valence-electron chi connectivity index (χ0n) is 13.4. The van der Waals surface area contributed by atoms with Crippen molar-refractivity contribution in [2.24, 2.45) is 0 Å². The quantitative estimate of drug-likeness (QED) is 0.774. The van der Waals surface area contributed by atoms with Crippen LogP contribution in [0.1, 0.15) is 12.8 Å². The lowest BCUT2D eigenvalue weighted by Crippen LogP contribution is -2.51. The Morgan fingerprint density at radius 2 is 2.17 bits per heavy atom. The van der Waals surface area contributed by atoms with E-state index in [0.717, 1.165) is 25.4 Å². The van der Waals surface area contributed by atoms with Crippen LogP contribution < -0.4 is 15.4 Å². The van der Waals surface area contributed by atoms with Crippen LogP contribution in [-0.2, 0) is 4.74 Å².